The van der Waals surface area contributed by atoms with Crippen LogP contribution < -0.4 is 5.32 Å². The number of phenols is 2. The molecule has 92 valence electrons. The van der Waals surface area contributed by atoms with Crippen molar-refractivity contribution < 1.29 is 20.1 Å². The number of carbonyl (C=O) groups is 1. The van der Waals surface area contributed by atoms with Crippen molar-refractivity contribution in [3.05, 3.63) is 23.8 Å². The SMILES string of the molecule is O=C(NC1(CO)CCC1)c1cccc(O)c1O. The standard InChI is InChI=1S/C12H15NO4/c14-7-12(5-2-6-12)13-11(17)8-3-1-4-9(15)10(8)16/h1,3-4,14-16H,2,5-7H2,(H,13,17). The summed E-state index contributed by atoms with van der Waals surface area (Å²) < 4.78 is 0. The highest BCUT2D eigenvalue weighted by Crippen LogP contribution is 2.33. The number of benzene rings is 1. The van der Waals surface area contributed by atoms with Crippen LogP contribution in [0.25, 0.3) is 0 Å². The van der Waals surface area contributed by atoms with Crippen LogP contribution in [-0.2, 0) is 0 Å². The first-order valence-corrected chi connectivity index (χ1v) is 5.52. The van der Waals surface area contributed by atoms with Crippen LogP contribution in [0.2, 0.25) is 0 Å². The molecule has 0 radical (unpaired) electrons. The van der Waals surface area contributed by atoms with Crippen LogP contribution in [0.4, 0.5) is 0 Å². The zero-order chi connectivity index (χ0) is 12.5. The number of hydrogen-bond acceptors (Lipinski definition) is 4. The van der Waals surface area contributed by atoms with Crippen LogP contribution in [-0.4, -0.2) is 33.4 Å². The molecule has 0 atom stereocenters. The second kappa shape index (κ2) is 4.25. The predicted octanol–water partition coefficient (Wildman–Crippen LogP) is 0.743. The second-order valence-corrected chi connectivity index (χ2v) is 4.42. The molecule has 0 aliphatic heterocycles. The Morgan fingerprint density at radius 2 is 2.06 bits per heavy atom. The van der Waals surface area contributed by atoms with Gasteiger partial charge in [0.1, 0.15) is 0 Å². The molecule has 1 aliphatic carbocycles. The summed E-state index contributed by atoms with van der Waals surface area (Å²) >= 11 is 0. The predicted molar refractivity (Wildman–Crippen MR) is 60.9 cm³/mol. The minimum absolute atomic E-state index is 0.0183. The van der Waals surface area contributed by atoms with E-state index in [0.29, 0.717) is 0 Å². The molecule has 0 bridgehead atoms. The molecular formula is C12H15NO4. The van der Waals surface area contributed by atoms with E-state index in [1.54, 1.807) is 0 Å². The van der Waals surface area contributed by atoms with Gasteiger partial charge in [-0.3, -0.25) is 4.79 Å². The quantitative estimate of drug-likeness (QED) is 0.584. The van der Waals surface area contributed by atoms with Gasteiger partial charge in [-0.15, -0.1) is 0 Å². The third kappa shape index (κ3) is 2.06. The van der Waals surface area contributed by atoms with Crippen molar-refractivity contribution in [3.63, 3.8) is 0 Å². The zero-order valence-corrected chi connectivity index (χ0v) is 9.31. The Morgan fingerprint density at radius 1 is 1.35 bits per heavy atom. The zero-order valence-electron chi connectivity index (χ0n) is 9.31. The highest BCUT2D eigenvalue weighted by Gasteiger charge is 2.38. The van der Waals surface area contributed by atoms with E-state index in [4.69, 9.17) is 0 Å². The molecule has 1 amide bonds. The molecule has 0 aromatic heterocycles. The summed E-state index contributed by atoms with van der Waals surface area (Å²) in [6.07, 6.45) is 2.43. The Balaban J connectivity index is 2.17. The molecule has 2 rings (SSSR count). The number of aliphatic hydroxyl groups excluding tert-OH is 1. The van der Waals surface area contributed by atoms with Crippen LogP contribution in [0, 0.1) is 0 Å². The Kier molecular flexibility index (Phi) is 2.93. The van der Waals surface area contributed by atoms with E-state index < -0.39 is 17.2 Å². The number of amides is 1. The lowest BCUT2D eigenvalue weighted by Crippen LogP contribution is -2.56. The maximum Gasteiger partial charge on any atom is 0.255 e. The molecule has 5 heteroatoms. The summed E-state index contributed by atoms with van der Waals surface area (Å²) in [4.78, 5) is 11.9. The van der Waals surface area contributed by atoms with E-state index in [2.05, 4.69) is 5.32 Å². The highest BCUT2D eigenvalue weighted by molar-refractivity contribution is 5.98. The van der Waals surface area contributed by atoms with Crippen molar-refractivity contribution >= 4 is 5.91 Å². The fraction of sp³-hybridized carbons (Fsp3) is 0.417. The second-order valence-electron chi connectivity index (χ2n) is 4.42. The summed E-state index contributed by atoms with van der Waals surface area (Å²) in [5.41, 5.74) is -0.542. The Hall–Kier alpha value is -1.75. The van der Waals surface area contributed by atoms with Gasteiger partial charge < -0.3 is 20.6 Å². The van der Waals surface area contributed by atoms with Crippen molar-refractivity contribution in [2.24, 2.45) is 0 Å². The molecule has 17 heavy (non-hydrogen) atoms. The van der Waals surface area contributed by atoms with E-state index in [9.17, 15) is 20.1 Å². The Bertz CT molecular complexity index is 435. The van der Waals surface area contributed by atoms with Crippen LogP contribution in [0.15, 0.2) is 18.2 Å². The summed E-state index contributed by atoms with van der Waals surface area (Å²) in [7, 11) is 0. The summed E-state index contributed by atoms with van der Waals surface area (Å²) in [6, 6.07) is 4.21. The van der Waals surface area contributed by atoms with Crippen molar-refractivity contribution in [1.29, 1.82) is 0 Å². The lowest BCUT2D eigenvalue weighted by molar-refractivity contribution is 0.0639. The van der Waals surface area contributed by atoms with Crippen molar-refractivity contribution in [1.82, 2.24) is 5.32 Å². The van der Waals surface area contributed by atoms with E-state index in [-0.39, 0.29) is 17.9 Å². The van der Waals surface area contributed by atoms with Crippen molar-refractivity contribution in [2.45, 2.75) is 24.8 Å². The third-order valence-electron chi connectivity index (χ3n) is 3.25. The number of rotatable bonds is 3. The Morgan fingerprint density at radius 3 is 2.59 bits per heavy atom. The van der Waals surface area contributed by atoms with Crippen LogP contribution in [0.1, 0.15) is 29.6 Å². The Labute approximate surface area is 98.7 Å². The van der Waals surface area contributed by atoms with E-state index in [1.807, 2.05) is 0 Å². The van der Waals surface area contributed by atoms with E-state index in [1.165, 1.54) is 18.2 Å². The normalized spacial score (nSPS) is 17.2. The summed E-state index contributed by atoms with van der Waals surface area (Å²) in [6.45, 7) is -0.113. The number of nitrogens with one attached hydrogen (secondary N) is 1. The molecule has 4 N–H and O–H groups in total. The van der Waals surface area contributed by atoms with E-state index in [0.717, 1.165) is 19.3 Å². The number of para-hydroxylation sites is 1. The van der Waals surface area contributed by atoms with Gasteiger partial charge in [-0.05, 0) is 31.4 Å². The van der Waals surface area contributed by atoms with Gasteiger partial charge in [0.05, 0.1) is 17.7 Å². The maximum atomic E-state index is 11.9. The largest absolute Gasteiger partial charge is 0.504 e. The molecular weight excluding hydrogens is 222 g/mol. The molecule has 5 nitrogen and oxygen atoms in total. The number of phenolic OH excluding ortho intramolecular Hbond substituents is 2. The van der Waals surface area contributed by atoms with Gasteiger partial charge in [-0.2, -0.15) is 0 Å². The topological polar surface area (TPSA) is 89.8 Å². The fourth-order valence-electron chi connectivity index (χ4n) is 1.95. The minimum Gasteiger partial charge on any atom is -0.504 e. The molecule has 0 unspecified atom stereocenters. The van der Waals surface area contributed by atoms with E-state index >= 15 is 0 Å². The molecule has 1 aliphatic rings. The average Bonchev–Trinajstić information content (AvgIpc) is 2.27. The number of aromatic hydroxyl groups is 2. The van der Waals surface area contributed by atoms with Crippen LogP contribution in [0.5, 0.6) is 11.5 Å². The molecule has 0 heterocycles. The van der Waals surface area contributed by atoms with Crippen LogP contribution >= 0.6 is 0 Å². The van der Waals surface area contributed by atoms with Gasteiger partial charge >= 0.3 is 0 Å². The van der Waals surface area contributed by atoms with Crippen molar-refractivity contribution in [2.75, 3.05) is 6.61 Å². The molecule has 0 saturated heterocycles. The highest BCUT2D eigenvalue weighted by atomic mass is 16.3. The molecule has 1 aromatic carbocycles. The molecule has 1 aromatic rings. The number of carbonyl (C=O) groups excluding carboxylic acids is 1. The van der Waals surface area contributed by atoms with Crippen LogP contribution in [0.3, 0.4) is 0 Å². The number of aliphatic hydroxyl groups is 1. The smallest absolute Gasteiger partial charge is 0.255 e. The molecule has 0 spiro atoms. The first-order chi connectivity index (χ1) is 8.08. The lowest BCUT2D eigenvalue weighted by atomic mass is 9.77. The fourth-order valence-corrected chi connectivity index (χ4v) is 1.95. The maximum absolute atomic E-state index is 11.9. The van der Waals surface area contributed by atoms with Crippen molar-refractivity contribution in [3.8, 4) is 11.5 Å². The average molecular weight is 237 g/mol. The lowest BCUT2D eigenvalue weighted by Gasteiger charge is -2.40. The minimum atomic E-state index is -0.561. The third-order valence-corrected chi connectivity index (χ3v) is 3.25. The number of hydrogen-bond donors (Lipinski definition) is 4. The molecule has 1 fully saturated rings. The van der Waals surface area contributed by atoms with Gasteiger partial charge in [0, 0.05) is 0 Å². The van der Waals surface area contributed by atoms with Gasteiger partial charge in [-0.1, -0.05) is 6.07 Å². The van der Waals surface area contributed by atoms with Gasteiger partial charge in [-0.25, -0.2) is 0 Å². The first kappa shape index (κ1) is 11.7. The first-order valence-electron chi connectivity index (χ1n) is 5.52. The van der Waals surface area contributed by atoms with Gasteiger partial charge in [0.2, 0.25) is 0 Å². The van der Waals surface area contributed by atoms with Gasteiger partial charge in [0.15, 0.2) is 11.5 Å². The van der Waals surface area contributed by atoms with Gasteiger partial charge in [0.25, 0.3) is 5.91 Å². The summed E-state index contributed by atoms with van der Waals surface area (Å²) in [5, 5.41) is 30.8. The monoisotopic (exact) mass is 237 g/mol. The molecule has 1 saturated carbocycles. The summed E-state index contributed by atoms with van der Waals surface area (Å²) in [5.74, 6) is -1.24.